The quantitative estimate of drug-likeness (QED) is 0.559. The lowest BCUT2D eigenvalue weighted by atomic mass is 9.99. The summed E-state index contributed by atoms with van der Waals surface area (Å²) >= 11 is 0. The SMILES string of the molecule is C#Cc1ccc(Cc2ccccc2O[C@@H]2O[C@H](CO)[C@@H](O)[C@H](O)[C@H]2O)cc1F. The summed E-state index contributed by atoms with van der Waals surface area (Å²) in [5.41, 5.74) is 1.53. The van der Waals surface area contributed by atoms with Gasteiger partial charge in [-0.1, -0.05) is 30.2 Å². The molecule has 0 bridgehead atoms. The number of aliphatic hydroxyl groups is 4. The highest BCUT2D eigenvalue weighted by atomic mass is 19.1. The summed E-state index contributed by atoms with van der Waals surface area (Å²) in [6.45, 7) is -0.548. The minimum absolute atomic E-state index is 0.176. The van der Waals surface area contributed by atoms with Gasteiger partial charge in [-0.05, 0) is 29.3 Å². The molecule has 0 radical (unpaired) electrons. The maximum Gasteiger partial charge on any atom is 0.229 e. The van der Waals surface area contributed by atoms with Gasteiger partial charge in [-0.2, -0.15) is 0 Å². The first-order valence-electron chi connectivity index (χ1n) is 8.74. The van der Waals surface area contributed by atoms with Crippen molar-refractivity contribution in [1.82, 2.24) is 0 Å². The van der Waals surface area contributed by atoms with E-state index in [1.807, 2.05) is 0 Å². The Bertz CT molecular complexity index is 862. The Labute approximate surface area is 161 Å². The number of hydrogen-bond donors (Lipinski definition) is 4. The molecule has 1 saturated heterocycles. The van der Waals surface area contributed by atoms with E-state index in [9.17, 15) is 24.8 Å². The molecule has 3 rings (SSSR count). The molecule has 0 aromatic heterocycles. The van der Waals surface area contributed by atoms with Gasteiger partial charge in [0.15, 0.2) is 0 Å². The van der Waals surface area contributed by atoms with E-state index in [4.69, 9.17) is 15.9 Å². The lowest BCUT2D eigenvalue weighted by Crippen LogP contribution is -2.60. The molecule has 0 saturated carbocycles. The van der Waals surface area contributed by atoms with Gasteiger partial charge in [-0.3, -0.25) is 0 Å². The molecule has 28 heavy (non-hydrogen) atoms. The average Bonchev–Trinajstić information content (AvgIpc) is 2.70. The number of benzene rings is 2. The molecular weight excluding hydrogens is 367 g/mol. The van der Waals surface area contributed by atoms with Crippen LogP contribution in [-0.2, 0) is 11.2 Å². The van der Waals surface area contributed by atoms with Crippen LogP contribution in [0, 0.1) is 18.2 Å². The van der Waals surface area contributed by atoms with Crippen LogP contribution in [0.3, 0.4) is 0 Å². The maximum absolute atomic E-state index is 13.9. The molecule has 1 aliphatic heterocycles. The van der Waals surface area contributed by atoms with E-state index in [2.05, 4.69) is 5.92 Å². The number of halogens is 1. The van der Waals surface area contributed by atoms with Crippen molar-refractivity contribution in [3.05, 3.63) is 65.0 Å². The third-order valence-corrected chi connectivity index (χ3v) is 4.65. The third kappa shape index (κ3) is 4.17. The summed E-state index contributed by atoms with van der Waals surface area (Å²) in [6, 6.07) is 11.5. The van der Waals surface area contributed by atoms with Gasteiger partial charge in [-0.15, -0.1) is 6.42 Å². The Morgan fingerprint density at radius 2 is 1.82 bits per heavy atom. The van der Waals surface area contributed by atoms with Crippen LogP contribution in [0.4, 0.5) is 4.39 Å². The van der Waals surface area contributed by atoms with E-state index in [-0.39, 0.29) is 5.56 Å². The topological polar surface area (TPSA) is 99.4 Å². The van der Waals surface area contributed by atoms with Gasteiger partial charge in [0.05, 0.1) is 12.2 Å². The van der Waals surface area contributed by atoms with Gasteiger partial charge in [0, 0.05) is 6.42 Å². The van der Waals surface area contributed by atoms with Crippen LogP contribution >= 0.6 is 0 Å². The standard InChI is InChI=1S/C21H21FO6/c1-2-13-8-7-12(10-15(13)22)9-14-5-3-4-6-16(14)27-21-20(26)19(25)18(24)17(11-23)28-21/h1,3-8,10,17-21,23-26H,9,11H2/t17-,18-,19+,20-,21-/m1/s1. The molecule has 7 heteroatoms. The highest BCUT2D eigenvalue weighted by Crippen LogP contribution is 2.28. The Hall–Kier alpha value is -2.47. The fraction of sp³-hybridized carbons (Fsp3) is 0.333. The molecule has 148 valence electrons. The van der Waals surface area contributed by atoms with Crippen LogP contribution in [-0.4, -0.2) is 57.7 Å². The lowest BCUT2D eigenvalue weighted by Gasteiger charge is -2.39. The van der Waals surface area contributed by atoms with Crippen molar-refractivity contribution in [2.24, 2.45) is 0 Å². The molecule has 1 heterocycles. The molecule has 4 N–H and O–H groups in total. The van der Waals surface area contributed by atoms with Gasteiger partial charge >= 0.3 is 0 Å². The van der Waals surface area contributed by atoms with Gasteiger partial charge in [0.2, 0.25) is 6.29 Å². The van der Waals surface area contributed by atoms with Crippen molar-refractivity contribution in [2.45, 2.75) is 37.1 Å². The molecule has 0 spiro atoms. The smallest absolute Gasteiger partial charge is 0.229 e. The first-order valence-corrected chi connectivity index (χ1v) is 8.74. The molecule has 0 amide bonds. The van der Waals surface area contributed by atoms with Crippen LogP contribution in [0.1, 0.15) is 16.7 Å². The van der Waals surface area contributed by atoms with E-state index >= 15 is 0 Å². The fourth-order valence-electron chi connectivity index (χ4n) is 3.06. The molecule has 5 atom stereocenters. The zero-order valence-corrected chi connectivity index (χ0v) is 14.9. The number of para-hydroxylation sites is 1. The minimum Gasteiger partial charge on any atom is -0.462 e. The number of aliphatic hydroxyl groups excluding tert-OH is 4. The molecule has 0 unspecified atom stereocenters. The molecule has 1 fully saturated rings. The number of terminal acetylenes is 1. The Kier molecular flexibility index (Phi) is 6.29. The van der Waals surface area contributed by atoms with E-state index in [0.717, 1.165) is 0 Å². The Balaban J connectivity index is 1.81. The van der Waals surface area contributed by atoms with Crippen molar-refractivity contribution in [3.8, 4) is 18.1 Å². The highest BCUT2D eigenvalue weighted by molar-refractivity contribution is 5.41. The molecular formula is C21H21FO6. The summed E-state index contributed by atoms with van der Waals surface area (Å²) < 4.78 is 25.0. The first kappa shape index (κ1) is 20.3. The molecule has 2 aromatic carbocycles. The zero-order chi connectivity index (χ0) is 20.3. The predicted octanol–water partition coefficient (Wildman–Crippen LogP) is 0.576. The maximum atomic E-state index is 13.9. The van der Waals surface area contributed by atoms with Crippen LogP contribution in [0.25, 0.3) is 0 Å². The Morgan fingerprint density at radius 3 is 2.50 bits per heavy atom. The van der Waals surface area contributed by atoms with Crippen LogP contribution in [0.15, 0.2) is 42.5 Å². The molecule has 1 aliphatic rings. The van der Waals surface area contributed by atoms with E-state index in [1.54, 1.807) is 30.3 Å². The van der Waals surface area contributed by atoms with Gasteiger partial charge in [-0.25, -0.2) is 4.39 Å². The summed E-state index contributed by atoms with van der Waals surface area (Å²) in [5, 5.41) is 39.2. The summed E-state index contributed by atoms with van der Waals surface area (Å²) in [4.78, 5) is 0. The molecule has 6 nitrogen and oxygen atoms in total. The van der Waals surface area contributed by atoms with Gasteiger partial charge in [0.25, 0.3) is 0 Å². The molecule has 2 aromatic rings. The number of rotatable bonds is 5. The van der Waals surface area contributed by atoms with Crippen molar-refractivity contribution < 1.29 is 34.3 Å². The minimum atomic E-state index is -1.53. The normalized spacial score (nSPS) is 27.2. The highest BCUT2D eigenvalue weighted by Gasteiger charge is 2.44. The van der Waals surface area contributed by atoms with Crippen LogP contribution in [0.5, 0.6) is 5.75 Å². The van der Waals surface area contributed by atoms with E-state index < -0.39 is 43.1 Å². The summed E-state index contributed by atoms with van der Waals surface area (Å²) in [6.07, 6.45) is -1.31. The van der Waals surface area contributed by atoms with E-state index in [1.165, 1.54) is 12.1 Å². The molecule has 0 aliphatic carbocycles. The van der Waals surface area contributed by atoms with Crippen LogP contribution in [0.2, 0.25) is 0 Å². The second-order valence-electron chi connectivity index (χ2n) is 6.56. The van der Waals surface area contributed by atoms with E-state index in [0.29, 0.717) is 23.3 Å². The fourth-order valence-corrected chi connectivity index (χ4v) is 3.06. The van der Waals surface area contributed by atoms with Gasteiger partial charge in [0.1, 0.15) is 36.0 Å². The second-order valence-corrected chi connectivity index (χ2v) is 6.56. The Morgan fingerprint density at radius 1 is 1.07 bits per heavy atom. The van der Waals surface area contributed by atoms with Gasteiger partial charge < -0.3 is 29.9 Å². The first-order chi connectivity index (χ1) is 13.4. The van der Waals surface area contributed by atoms with Crippen molar-refractivity contribution in [3.63, 3.8) is 0 Å². The predicted molar refractivity (Wildman–Crippen MR) is 98.0 cm³/mol. The third-order valence-electron chi connectivity index (χ3n) is 4.65. The van der Waals surface area contributed by atoms with Crippen LogP contribution < -0.4 is 4.74 Å². The summed E-state index contributed by atoms with van der Waals surface area (Å²) in [5.74, 6) is 2.13. The van der Waals surface area contributed by atoms with Crippen molar-refractivity contribution in [2.75, 3.05) is 6.61 Å². The monoisotopic (exact) mass is 388 g/mol. The number of hydrogen-bond acceptors (Lipinski definition) is 6. The largest absolute Gasteiger partial charge is 0.462 e. The second kappa shape index (κ2) is 8.69. The summed E-state index contributed by atoms with van der Waals surface area (Å²) in [7, 11) is 0. The zero-order valence-electron chi connectivity index (χ0n) is 14.9. The van der Waals surface area contributed by atoms with Crippen molar-refractivity contribution in [1.29, 1.82) is 0 Å². The van der Waals surface area contributed by atoms with Crippen molar-refractivity contribution >= 4 is 0 Å². The average molecular weight is 388 g/mol. The number of ether oxygens (including phenoxy) is 2. The lowest BCUT2D eigenvalue weighted by molar-refractivity contribution is -0.277.